The van der Waals surface area contributed by atoms with Crippen LogP contribution in [0, 0.1) is 0 Å². The Balaban J connectivity index is 2.44. The first-order valence-electron chi connectivity index (χ1n) is 6.21. The summed E-state index contributed by atoms with van der Waals surface area (Å²) in [6.07, 6.45) is 0.973. The Morgan fingerprint density at radius 2 is 1.68 bits per heavy atom. The normalized spacial score (nSPS) is 11.7. The highest BCUT2D eigenvalue weighted by Crippen LogP contribution is 2.13. The molecule has 19 heavy (non-hydrogen) atoms. The van der Waals surface area contributed by atoms with Crippen LogP contribution in [-0.4, -0.2) is 24.5 Å². The summed E-state index contributed by atoms with van der Waals surface area (Å²) in [6, 6.07) is 6.44. The number of anilines is 2. The average molecular weight is 264 g/mol. The van der Waals surface area contributed by atoms with Crippen LogP contribution in [0.2, 0.25) is 0 Å². The van der Waals surface area contributed by atoms with Crippen LogP contribution >= 0.6 is 0 Å². The lowest BCUT2D eigenvalue weighted by molar-refractivity contribution is -0.115. The van der Waals surface area contributed by atoms with E-state index in [2.05, 4.69) is 22.9 Å². The Morgan fingerprint density at radius 3 is 2.16 bits per heavy atom. The molecule has 1 aromatic carbocycles. The molecule has 0 bridgehead atoms. The molecule has 0 aliphatic heterocycles. The zero-order valence-electron chi connectivity index (χ0n) is 11.2. The zero-order valence-corrected chi connectivity index (χ0v) is 11.2. The molecular formula is C13H20N4O2. The summed E-state index contributed by atoms with van der Waals surface area (Å²) >= 11 is 0. The smallest absolute Gasteiger partial charge is 0.316 e. The van der Waals surface area contributed by atoms with Crippen LogP contribution < -0.4 is 21.7 Å². The highest BCUT2D eigenvalue weighted by molar-refractivity contribution is 5.93. The Labute approximate surface area is 112 Å². The minimum absolute atomic E-state index is 0.101. The molecule has 6 heteroatoms. The third kappa shape index (κ3) is 5.87. The van der Waals surface area contributed by atoms with Gasteiger partial charge in [-0.3, -0.25) is 4.79 Å². The van der Waals surface area contributed by atoms with Crippen LogP contribution in [-0.2, 0) is 4.79 Å². The molecule has 0 aromatic heterocycles. The van der Waals surface area contributed by atoms with Gasteiger partial charge in [-0.25, -0.2) is 4.79 Å². The SMILES string of the molecule is CCC(C)NCC(=O)Nc1ccc(NC(N)=O)cc1. The number of carbonyl (C=O) groups is 2. The van der Waals surface area contributed by atoms with E-state index in [1.54, 1.807) is 24.3 Å². The van der Waals surface area contributed by atoms with Crippen molar-refractivity contribution in [2.45, 2.75) is 26.3 Å². The van der Waals surface area contributed by atoms with Crippen LogP contribution in [0.4, 0.5) is 16.2 Å². The average Bonchev–Trinajstić information content (AvgIpc) is 2.37. The highest BCUT2D eigenvalue weighted by atomic mass is 16.2. The van der Waals surface area contributed by atoms with Gasteiger partial charge in [0.2, 0.25) is 5.91 Å². The molecule has 0 aliphatic rings. The van der Waals surface area contributed by atoms with Gasteiger partial charge in [0.25, 0.3) is 0 Å². The molecule has 1 atom stereocenters. The van der Waals surface area contributed by atoms with Crippen LogP contribution in [0.25, 0.3) is 0 Å². The molecule has 0 aliphatic carbocycles. The first kappa shape index (κ1) is 15.0. The van der Waals surface area contributed by atoms with Gasteiger partial charge in [0.05, 0.1) is 6.54 Å². The number of benzene rings is 1. The lowest BCUT2D eigenvalue weighted by Gasteiger charge is -2.11. The molecule has 1 unspecified atom stereocenters. The number of hydrogen-bond acceptors (Lipinski definition) is 3. The molecule has 1 aromatic rings. The standard InChI is InChI=1S/C13H20N4O2/c1-3-9(2)15-8-12(18)16-10-4-6-11(7-5-10)17-13(14)19/h4-7,9,15H,3,8H2,1-2H3,(H,16,18)(H3,14,17,19). The molecule has 0 radical (unpaired) electrons. The van der Waals surface area contributed by atoms with E-state index in [0.717, 1.165) is 6.42 Å². The van der Waals surface area contributed by atoms with E-state index in [1.165, 1.54) is 0 Å². The predicted octanol–water partition coefficient (Wildman–Crippen LogP) is 1.50. The van der Waals surface area contributed by atoms with Crippen molar-refractivity contribution in [2.24, 2.45) is 5.73 Å². The molecule has 0 saturated carbocycles. The second-order valence-electron chi connectivity index (χ2n) is 4.30. The van der Waals surface area contributed by atoms with Crippen LogP contribution in [0.3, 0.4) is 0 Å². The van der Waals surface area contributed by atoms with E-state index in [9.17, 15) is 9.59 Å². The maximum absolute atomic E-state index is 11.6. The lowest BCUT2D eigenvalue weighted by atomic mass is 10.2. The Bertz CT molecular complexity index is 431. The van der Waals surface area contributed by atoms with Crippen molar-refractivity contribution in [3.05, 3.63) is 24.3 Å². The summed E-state index contributed by atoms with van der Waals surface area (Å²) in [6.45, 7) is 4.36. The van der Waals surface area contributed by atoms with Crippen molar-refractivity contribution in [3.8, 4) is 0 Å². The Morgan fingerprint density at radius 1 is 1.16 bits per heavy atom. The third-order valence-electron chi connectivity index (χ3n) is 2.66. The number of rotatable bonds is 6. The van der Waals surface area contributed by atoms with E-state index in [1.807, 2.05) is 6.92 Å². The number of nitrogens with one attached hydrogen (secondary N) is 3. The second-order valence-corrected chi connectivity index (χ2v) is 4.30. The van der Waals surface area contributed by atoms with Crippen LogP contribution in [0.5, 0.6) is 0 Å². The molecule has 0 fully saturated rings. The minimum atomic E-state index is -0.616. The minimum Gasteiger partial charge on any atom is -0.351 e. The third-order valence-corrected chi connectivity index (χ3v) is 2.66. The van der Waals surface area contributed by atoms with Crippen molar-refractivity contribution in [3.63, 3.8) is 0 Å². The topological polar surface area (TPSA) is 96.2 Å². The van der Waals surface area contributed by atoms with E-state index in [-0.39, 0.29) is 12.5 Å². The zero-order chi connectivity index (χ0) is 14.3. The number of hydrogen-bond donors (Lipinski definition) is 4. The molecule has 3 amide bonds. The van der Waals surface area contributed by atoms with Gasteiger partial charge in [-0.1, -0.05) is 6.92 Å². The van der Waals surface area contributed by atoms with Gasteiger partial charge in [0.1, 0.15) is 0 Å². The van der Waals surface area contributed by atoms with Gasteiger partial charge in [-0.15, -0.1) is 0 Å². The van der Waals surface area contributed by atoms with Crippen LogP contribution in [0.1, 0.15) is 20.3 Å². The number of amides is 3. The van der Waals surface area contributed by atoms with E-state index >= 15 is 0 Å². The molecular weight excluding hydrogens is 244 g/mol. The van der Waals surface area contributed by atoms with Crippen molar-refractivity contribution in [1.29, 1.82) is 0 Å². The van der Waals surface area contributed by atoms with Gasteiger partial charge in [0, 0.05) is 17.4 Å². The maximum Gasteiger partial charge on any atom is 0.316 e. The fourth-order valence-electron chi connectivity index (χ4n) is 1.40. The number of carbonyl (C=O) groups excluding carboxylic acids is 2. The molecule has 6 nitrogen and oxygen atoms in total. The van der Waals surface area contributed by atoms with Crippen LogP contribution in [0.15, 0.2) is 24.3 Å². The van der Waals surface area contributed by atoms with Gasteiger partial charge in [-0.05, 0) is 37.6 Å². The predicted molar refractivity (Wildman–Crippen MR) is 76.0 cm³/mol. The summed E-state index contributed by atoms with van der Waals surface area (Å²) in [4.78, 5) is 22.3. The second kappa shape index (κ2) is 7.38. The monoisotopic (exact) mass is 264 g/mol. The quantitative estimate of drug-likeness (QED) is 0.627. The number of primary amides is 1. The maximum atomic E-state index is 11.6. The van der Waals surface area contributed by atoms with E-state index < -0.39 is 6.03 Å². The fraction of sp³-hybridized carbons (Fsp3) is 0.385. The first-order chi connectivity index (χ1) is 9.01. The van der Waals surface area contributed by atoms with Gasteiger partial charge in [0.15, 0.2) is 0 Å². The largest absolute Gasteiger partial charge is 0.351 e. The molecule has 0 spiro atoms. The number of nitrogens with two attached hydrogens (primary N) is 1. The Kier molecular flexibility index (Phi) is 5.81. The summed E-state index contributed by atoms with van der Waals surface area (Å²) in [7, 11) is 0. The molecule has 1 rings (SSSR count). The summed E-state index contributed by atoms with van der Waals surface area (Å²) in [5, 5.41) is 8.31. The van der Waals surface area contributed by atoms with Crippen molar-refractivity contribution >= 4 is 23.3 Å². The summed E-state index contributed by atoms with van der Waals surface area (Å²) in [5.41, 5.74) is 6.25. The highest BCUT2D eigenvalue weighted by Gasteiger charge is 2.04. The van der Waals surface area contributed by atoms with Gasteiger partial charge < -0.3 is 21.7 Å². The molecule has 5 N–H and O–H groups in total. The van der Waals surface area contributed by atoms with Gasteiger partial charge >= 0.3 is 6.03 Å². The number of urea groups is 1. The fourth-order valence-corrected chi connectivity index (χ4v) is 1.40. The molecule has 0 saturated heterocycles. The molecule has 104 valence electrons. The summed E-state index contributed by atoms with van der Waals surface area (Å²) < 4.78 is 0. The van der Waals surface area contributed by atoms with E-state index in [0.29, 0.717) is 17.4 Å². The first-order valence-corrected chi connectivity index (χ1v) is 6.21. The van der Waals surface area contributed by atoms with Crippen molar-refractivity contribution < 1.29 is 9.59 Å². The van der Waals surface area contributed by atoms with Crippen molar-refractivity contribution in [1.82, 2.24) is 5.32 Å². The van der Waals surface area contributed by atoms with Crippen molar-refractivity contribution in [2.75, 3.05) is 17.2 Å². The Hall–Kier alpha value is -2.08. The van der Waals surface area contributed by atoms with E-state index in [4.69, 9.17) is 5.73 Å². The molecule has 0 heterocycles. The lowest BCUT2D eigenvalue weighted by Crippen LogP contribution is -2.33. The van der Waals surface area contributed by atoms with Gasteiger partial charge in [-0.2, -0.15) is 0 Å². The summed E-state index contributed by atoms with van der Waals surface area (Å²) in [5.74, 6) is -0.101.